The standard InChI is InChI=1S/C24H28F3N3O7/c1-5-34-20-19(32-3)14(2)35-22(21(20)33-4)36-23(31)28-15-9-11-16(12-10-15)29-30-17-7-6-8-18(13-17)37-24(25,26)27/h6-14,19-22H,5H2,1-4H3,(H,28,31)/t14-,19-,20+,21+,22-/m0/s1. The lowest BCUT2D eigenvalue weighted by molar-refractivity contribution is -0.292. The number of azo groups is 1. The molecule has 1 saturated heterocycles. The van der Waals surface area contributed by atoms with Crippen molar-refractivity contribution in [2.75, 3.05) is 26.1 Å². The van der Waals surface area contributed by atoms with Gasteiger partial charge in [-0.15, -0.1) is 13.2 Å². The summed E-state index contributed by atoms with van der Waals surface area (Å²) in [5.74, 6) is -0.403. The maximum absolute atomic E-state index is 12.5. The lowest BCUT2D eigenvalue weighted by Crippen LogP contribution is -2.60. The summed E-state index contributed by atoms with van der Waals surface area (Å²) in [4.78, 5) is 12.5. The third-order valence-electron chi connectivity index (χ3n) is 5.30. The lowest BCUT2D eigenvalue weighted by Gasteiger charge is -2.43. The van der Waals surface area contributed by atoms with Gasteiger partial charge in [0.05, 0.1) is 17.5 Å². The van der Waals surface area contributed by atoms with E-state index in [-0.39, 0.29) is 5.69 Å². The monoisotopic (exact) mass is 527 g/mol. The second-order valence-corrected chi connectivity index (χ2v) is 7.85. The van der Waals surface area contributed by atoms with E-state index in [9.17, 15) is 18.0 Å². The number of amides is 1. The molecule has 2 aromatic rings. The fourth-order valence-corrected chi connectivity index (χ4v) is 3.75. The molecule has 2 aromatic carbocycles. The number of alkyl halides is 3. The Morgan fingerprint density at radius 2 is 1.68 bits per heavy atom. The molecule has 0 bridgehead atoms. The zero-order valence-corrected chi connectivity index (χ0v) is 20.6. The molecule has 1 aliphatic rings. The van der Waals surface area contributed by atoms with E-state index in [4.69, 9.17) is 23.7 Å². The molecule has 1 aliphatic heterocycles. The fourth-order valence-electron chi connectivity index (χ4n) is 3.75. The molecule has 202 valence electrons. The minimum Gasteiger partial charge on any atom is -0.416 e. The van der Waals surface area contributed by atoms with Gasteiger partial charge in [0.2, 0.25) is 6.29 Å². The Kier molecular flexibility index (Phi) is 9.80. The Morgan fingerprint density at radius 1 is 1.00 bits per heavy atom. The molecule has 1 heterocycles. The quantitative estimate of drug-likeness (QED) is 0.415. The molecule has 1 N–H and O–H groups in total. The zero-order chi connectivity index (χ0) is 27.0. The van der Waals surface area contributed by atoms with Gasteiger partial charge in [-0.2, -0.15) is 10.2 Å². The molecular weight excluding hydrogens is 499 g/mol. The number of hydrogen-bond acceptors (Lipinski definition) is 9. The first-order valence-corrected chi connectivity index (χ1v) is 11.3. The number of rotatable bonds is 9. The Morgan fingerprint density at radius 3 is 2.30 bits per heavy atom. The number of hydrogen-bond donors (Lipinski definition) is 1. The van der Waals surface area contributed by atoms with Crippen LogP contribution in [0, 0.1) is 0 Å². The van der Waals surface area contributed by atoms with E-state index in [2.05, 4.69) is 20.3 Å². The number of carbonyl (C=O) groups is 1. The molecule has 0 saturated carbocycles. The minimum atomic E-state index is -4.80. The predicted octanol–water partition coefficient (Wildman–Crippen LogP) is 5.73. The molecule has 37 heavy (non-hydrogen) atoms. The third-order valence-corrected chi connectivity index (χ3v) is 5.30. The number of ether oxygens (including phenoxy) is 6. The number of anilines is 1. The highest BCUT2D eigenvalue weighted by atomic mass is 19.4. The minimum absolute atomic E-state index is 0.169. The van der Waals surface area contributed by atoms with E-state index < -0.39 is 48.9 Å². The van der Waals surface area contributed by atoms with Gasteiger partial charge in [-0.1, -0.05) is 6.07 Å². The van der Waals surface area contributed by atoms with E-state index in [1.807, 2.05) is 6.92 Å². The van der Waals surface area contributed by atoms with Crippen molar-refractivity contribution in [3.05, 3.63) is 48.5 Å². The molecule has 1 amide bonds. The van der Waals surface area contributed by atoms with Crippen LogP contribution in [0.3, 0.4) is 0 Å². The highest BCUT2D eigenvalue weighted by Crippen LogP contribution is 2.29. The lowest BCUT2D eigenvalue weighted by atomic mass is 9.99. The summed E-state index contributed by atoms with van der Waals surface area (Å²) in [6.07, 6.45) is -8.66. The normalized spacial score (nSPS) is 24.1. The zero-order valence-electron chi connectivity index (χ0n) is 20.6. The van der Waals surface area contributed by atoms with Gasteiger partial charge in [0.25, 0.3) is 0 Å². The fraction of sp³-hybridized carbons (Fsp3) is 0.458. The molecule has 0 aliphatic carbocycles. The van der Waals surface area contributed by atoms with Gasteiger partial charge in [-0.3, -0.25) is 5.32 Å². The molecule has 5 atom stereocenters. The van der Waals surface area contributed by atoms with Crippen molar-refractivity contribution in [1.29, 1.82) is 0 Å². The molecule has 0 unspecified atom stereocenters. The van der Waals surface area contributed by atoms with E-state index in [0.29, 0.717) is 18.0 Å². The first-order valence-electron chi connectivity index (χ1n) is 11.3. The molecule has 0 radical (unpaired) electrons. The number of carbonyl (C=O) groups excluding carboxylic acids is 1. The number of nitrogens with zero attached hydrogens (tertiary/aromatic N) is 2. The molecule has 1 fully saturated rings. The second-order valence-electron chi connectivity index (χ2n) is 7.85. The molecule has 0 spiro atoms. The third kappa shape index (κ3) is 8.12. The number of methoxy groups -OCH3 is 2. The Labute approximate surface area is 211 Å². The summed E-state index contributed by atoms with van der Waals surface area (Å²) < 4.78 is 69.0. The van der Waals surface area contributed by atoms with E-state index >= 15 is 0 Å². The van der Waals surface area contributed by atoms with Crippen LogP contribution in [0.15, 0.2) is 58.8 Å². The number of halogens is 3. The first-order chi connectivity index (χ1) is 17.6. The van der Waals surface area contributed by atoms with E-state index in [1.165, 1.54) is 19.2 Å². The molecule has 13 heteroatoms. The maximum Gasteiger partial charge on any atom is 0.573 e. The van der Waals surface area contributed by atoms with Crippen molar-refractivity contribution in [2.24, 2.45) is 10.2 Å². The highest BCUT2D eigenvalue weighted by Gasteiger charge is 2.47. The van der Waals surface area contributed by atoms with Crippen LogP contribution in [0.2, 0.25) is 0 Å². The van der Waals surface area contributed by atoms with Gasteiger partial charge in [0.15, 0.2) is 0 Å². The van der Waals surface area contributed by atoms with Crippen molar-refractivity contribution in [3.63, 3.8) is 0 Å². The average molecular weight is 527 g/mol. The summed E-state index contributed by atoms with van der Waals surface area (Å²) in [7, 11) is 3.00. The van der Waals surface area contributed by atoms with Crippen LogP contribution in [0.4, 0.5) is 35.0 Å². The van der Waals surface area contributed by atoms with Gasteiger partial charge in [0, 0.05) is 32.6 Å². The highest BCUT2D eigenvalue weighted by molar-refractivity contribution is 5.84. The molecule has 3 rings (SSSR count). The Bertz CT molecular complexity index is 1050. The van der Waals surface area contributed by atoms with Crippen LogP contribution in [-0.2, 0) is 23.7 Å². The van der Waals surface area contributed by atoms with Crippen LogP contribution in [0.1, 0.15) is 13.8 Å². The number of benzene rings is 2. The molecule has 0 aromatic heterocycles. The van der Waals surface area contributed by atoms with Crippen molar-refractivity contribution in [1.82, 2.24) is 0 Å². The Hall–Kier alpha value is -3.26. The van der Waals surface area contributed by atoms with Crippen LogP contribution in [-0.4, -0.2) is 64.0 Å². The van der Waals surface area contributed by atoms with E-state index in [1.54, 1.807) is 38.3 Å². The van der Waals surface area contributed by atoms with Crippen LogP contribution >= 0.6 is 0 Å². The SMILES string of the molecule is CCO[C@@H]1[C@@H](OC)[C@H](C)O[C@@H](OC(=O)Nc2ccc(N=Nc3cccc(OC(F)(F)F)c3)cc2)[C@@H]1OC. The maximum atomic E-state index is 12.5. The van der Waals surface area contributed by atoms with Crippen LogP contribution < -0.4 is 10.1 Å². The smallest absolute Gasteiger partial charge is 0.416 e. The van der Waals surface area contributed by atoms with Crippen molar-refractivity contribution in [3.8, 4) is 5.75 Å². The summed E-state index contributed by atoms with van der Waals surface area (Å²) in [6.45, 7) is 4.03. The summed E-state index contributed by atoms with van der Waals surface area (Å²) in [5, 5.41) is 10.5. The van der Waals surface area contributed by atoms with Gasteiger partial charge in [-0.25, -0.2) is 4.79 Å². The predicted molar refractivity (Wildman–Crippen MR) is 125 cm³/mol. The van der Waals surface area contributed by atoms with Gasteiger partial charge >= 0.3 is 12.5 Å². The van der Waals surface area contributed by atoms with Gasteiger partial charge < -0.3 is 28.4 Å². The van der Waals surface area contributed by atoms with Gasteiger partial charge in [0.1, 0.15) is 24.1 Å². The van der Waals surface area contributed by atoms with Crippen molar-refractivity contribution in [2.45, 2.75) is 50.9 Å². The summed E-state index contributed by atoms with van der Waals surface area (Å²) in [6, 6.07) is 11.3. The first kappa shape index (κ1) is 28.3. The average Bonchev–Trinajstić information content (AvgIpc) is 2.83. The van der Waals surface area contributed by atoms with Crippen LogP contribution in [0.5, 0.6) is 5.75 Å². The van der Waals surface area contributed by atoms with E-state index in [0.717, 1.165) is 12.1 Å². The Balaban J connectivity index is 1.59. The summed E-state index contributed by atoms with van der Waals surface area (Å²) in [5.41, 5.74) is 0.969. The molecule has 10 nitrogen and oxygen atoms in total. The largest absolute Gasteiger partial charge is 0.573 e. The van der Waals surface area contributed by atoms with Crippen molar-refractivity contribution >= 4 is 23.2 Å². The van der Waals surface area contributed by atoms with Crippen molar-refractivity contribution < 1.29 is 46.4 Å². The second kappa shape index (κ2) is 12.8. The number of nitrogens with one attached hydrogen (secondary N) is 1. The van der Waals surface area contributed by atoms with Gasteiger partial charge in [-0.05, 0) is 50.2 Å². The topological polar surface area (TPSA) is 109 Å². The molecular formula is C24H28F3N3O7. The summed E-state index contributed by atoms with van der Waals surface area (Å²) >= 11 is 0. The van der Waals surface area contributed by atoms with Crippen LogP contribution in [0.25, 0.3) is 0 Å².